The van der Waals surface area contributed by atoms with Gasteiger partial charge in [-0.3, -0.25) is 0 Å². The van der Waals surface area contributed by atoms with Gasteiger partial charge >= 0.3 is 0 Å². The zero-order valence-electron chi connectivity index (χ0n) is 11.6. The third kappa shape index (κ3) is 6.32. The smallest absolute Gasteiger partial charge is 0.218 e. The fourth-order valence-electron chi connectivity index (χ4n) is 1.34. The SMILES string of the molecule is COCCNc1cc(OCCOC)nc(COC)n1. The quantitative estimate of drug-likeness (QED) is 0.628. The molecule has 1 aromatic rings. The highest BCUT2D eigenvalue weighted by atomic mass is 16.5. The van der Waals surface area contributed by atoms with Gasteiger partial charge in [-0.25, -0.2) is 4.98 Å². The van der Waals surface area contributed by atoms with Gasteiger partial charge in [0.15, 0.2) is 5.82 Å². The standard InChI is InChI=1S/C12H21N3O4/c1-16-5-4-13-10-8-12(19-7-6-17-2)15-11(14-10)9-18-3/h8H,4-7,9H2,1-3H3,(H,13,14,15). The van der Waals surface area contributed by atoms with E-state index in [1.807, 2.05) is 0 Å². The largest absolute Gasteiger partial charge is 0.475 e. The van der Waals surface area contributed by atoms with Gasteiger partial charge in [-0.05, 0) is 0 Å². The molecule has 0 unspecified atom stereocenters. The first kappa shape index (κ1) is 15.6. The predicted molar refractivity (Wildman–Crippen MR) is 70.5 cm³/mol. The third-order valence-electron chi connectivity index (χ3n) is 2.17. The maximum Gasteiger partial charge on any atom is 0.218 e. The first-order valence-corrected chi connectivity index (χ1v) is 6.01. The van der Waals surface area contributed by atoms with Gasteiger partial charge in [-0.15, -0.1) is 0 Å². The Balaban J connectivity index is 2.66. The average Bonchev–Trinajstić information content (AvgIpc) is 2.40. The molecular weight excluding hydrogens is 250 g/mol. The molecule has 7 heteroatoms. The number of hydrogen-bond acceptors (Lipinski definition) is 7. The summed E-state index contributed by atoms with van der Waals surface area (Å²) < 4.78 is 20.4. The number of hydrogen-bond donors (Lipinski definition) is 1. The van der Waals surface area contributed by atoms with Crippen molar-refractivity contribution in [2.45, 2.75) is 6.61 Å². The Hall–Kier alpha value is -1.44. The summed E-state index contributed by atoms with van der Waals surface area (Å²) in [7, 11) is 4.87. The lowest BCUT2D eigenvalue weighted by Crippen LogP contribution is -2.12. The van der Waals surface area contributed by atoms with Crippen LogP contribution in [0.4, 0.5) is 5.82 Å². The van der Waals surface area contributed by atoms with Gasteiger partial charge < -0.3 is 24.3 Å². The second-order valence-corrected chi connectivity index (χ2v) is 3.70. The lowest BCUT2D eigenvalue weighted by Gasteiger charge is -2.10. The molecule has 0 radical (unpaired) electrons. The van der Waals surface area contributed by atoms with E-state index in [0.717, 1.165) is 0 Å². The van der Waals surface area contributed by atoms with Crippen molar-refractivity contribution in [3.05, 3.63) is 11.9 Å². The van der Waals surface area contributed by atoms with Crippen molar-refractivity contribution in [1.29, 1.82) is 0 Å². The minimum Gasteiger partial charge on any atom is -0.475 e. The summed E-state index contributed by atoms with van der Waals surface area (Å²) in [5.74, 6) is 1.75. The lowest BCUT2D eigenvalue weighted by atomic mass is 10.5. The second kappa shape index (κ2) is 9.48. The molecule has 108 valence electrons. The van der Waals surface area contributed by atoms with E-state index in [1.165, 1.54) is 0 Å². The van der Waals surface area contributed by atoms with E-state index < -0.39 is 0 Å². The van der Waals surface area contributed by atoms with Crippen molar-refractivity contribution < 1.29 is 18.9 Å². The van der Waals surface area contributed by atoms with Crippen LogP contribution in [0.1, 0.15) is 5.82 Å². The maximum absolute atomic E-state index is 5.48. The number of anilines is 1. The highest BCUT2D eigenvalue weighted by molar-refractivity contribution is 5.38. The normalized spacial score (nSPS) is 10.5. The Morgan fingerprint density at radius 2 is 1.79 bits per heavy atom. The van der Waals surface area contributed by atoms with Crippen LogP contribution in [0.5, 0.6) is 5.88 Å². The molecule has 0 aliphatic carbocycles. The van der Waals surface area contributed by atoms with E-state index in [0.29, 0.717) is 50.5 Å². The molecule has 0 bridgehead atoms. The molecule has 0 aliphatic heterocycles. The summed E-state index contributed by atoms with van der Waals surface area (Å²) in [5.41, 5.74) is 0. The summed E-state index contributed by atoms with van der Waals surface area (Å²) in [6, 6.07) is 1.74. The molecule has 1 rings (SSSR count). The molecule has 0 spiro atoms. The van der Waals surface area contributed by atoms with Crippen LogP contribution >= 0.6 is 0 Å². The molecule has 0 atom stereocenters. The van der Waals surface area contributed by atoms with Crippen molar-refractivity contribution >= 4 is 5.82 Å². The molecule has 7 nitrogen and oxygen atoms in total. The van der Waals surface area contributed by atoms with Crippen LogP contribution in [0.15, 0.2) is 6.07 Å². The van der Waals surface area contributed by atoms with Gasteiger partial charge in [-0.1, -0.05) is 0 Å². The molecule has 0 saturated heterocycles. The van der Waals surface area contributed by atoms with Crippen LogP contribution in [-0.4, -0.2) is 57.7 Å². The molecule has 0 saturated carbocycles. The predicted octanol–water partition coefficient (Wildman–Crippen LogP) is 0.706. The van der Waals surface area contributed by atoms with Gasteiger partial charge in [0.25, 0.3) is 0 Å². The van der Waals surface area contributed by atoms with Crippen LogP contribution in [0.2, 0.25) is 0 Å². The van der Waals surface area contributed by atoms with Crippen LogP contribution < -0.4 is 10.1 Å². The minimum atomic E-state index is 0.334. The number of rotatable bonds is 10. The first-order valence-electron chi connectivity index (χ1n) is 6.01. The van der Waals surface area contributed by atoms with Gasteiger partial charge in [-0.2, -0.15) is 4.98 Å². The summed E-state index contributed by atoms with van der Waals surface area (Å²) >= 11 is 0. The molecule has 1 N–H and O–H groups in total. The molecule has 1 aromatic heterocycles. The van der Waals surface area contributed by atoms with E-state index >= 15 is 0 Å². The van der Waals surface area contributed by atoms with E-state index in [9.17, 15) is 0 Å². The molecule has 0 fully saturated rings. The fourth-order valence-corrected chi connectivity index (χ4v) is 1.34. The van der Waals surface area contributed by atoms with Crippen LogP contribution in [0, 0.1) is 0 Å². The Morgan fingerprint density at radius 3 is 2.47 bits per heavy atom. The Labute approximate surface area is 113 Å². The van der Waals surface area contributed by atoms with Crippen molar-refractivity contribution in [1.82, 2.24) is 9.97 Å². The maximum atomic E-state index is 5.48. The Bertz CT molecular complexity index is 335. The van der Waals surface area contributed by atoms with Gasteiger partial charge in [0, 0.05) is 33.9 Å². The summed E-state index contributed by atoms with van der Waals surface area (Å²) in [5, 5.41) is 3.13. The zero-order valence-corrected chi connectivity index (χ0v) is 11.6. The van der Waals surface area contributed by atoms with Crippen molar-refractivity contribution in [3.8, 4) is 5.88 Å². The van der Waals surface area contributed by atoms with Crippen molar-refractivity contribution in [2.75, 3.05) is 53.0 Å². The summed E-state index contributed by atoms with van der Waals surface area (Å²) in [4.78, 5) is 8.55. The number of ether oxygens (including phenoxy) is 4. The first-order chi connectivity index (χ1) is 9.30. The molecule has 0 aliphatic rings. The zero-order chi connectivity index (χ0) is 13.9. The number of methoxy groups -OCH3 is 3. The van der Waals surface area contributed by atoms with E-state index in [2.05, 4.69) is 15.3 Å². The van der Waals surface area contributed by atoms with Crippen LogP contribution in [-0.2, 0) is 20.8 Å². The van der Waals surface area contributed by atoms with Gasteiger partial charge in [0.1, 0.15) is 19.0 Å². The van der Waals surface area contributed by atoms with E-state index in [4.69, 9.17) is 18.9 Å². The van der Waals surface area contributed by atoms with E-state index in [1.54, 1.807) is 27.4 Å². The highest BCUT2D eigenvalue weighted by Gasteiger charge is 2.05. The molecule has 1 heterocycles. The molecule has 0 aromatic carbocycles. The molecule has 19 heavy (non-hydrogen) atoms. The molecular formula is C12H21N3O4. The highest BCUT2D eigenvalue weighted by Crippen LogP contribution is 2.14. The van der Waals surface area contributed by atoms with E-state index in [-0.39, 0.29) is 0 Å². The van der Waals surface area contributed by atoms with Crippen LogP contribution in [0.3, 0.4) is 0 Å². The van der Waals surface area contributed by atoms with Crippen LogP contribution in [0.25, 0.3) is 0 Å². The fraction of sp³-hybridized carbons (Fsp3) is 0.667. The Kier molecular flexibility index (Phi) is 7.80. The number of nitrogens with zero attached hydrogens (tertiary/aromatic N) is 2. The lowest BCUT2D eigenvalue weighted by molar-refractivity contribution is 0.142. The van der Waals surface area contributed by atoms with Crippen molar-refractivity contribution in [3.63, 3.8) is 0 Å². The molecule has 0 amide bonds. The third-order valence-corrected chi connectivity index (χ3v) is 2.17. The number of nitrogens with one attached hydrogen (secondary N) is 1. The van der Waals surface area contributed by atoms with Gasteiger partial charge in [0.05, 0.1) is 13.2 Å². The summed E-state index contributed by atoms with van der Waals surface area (Å²) in [6.07, 6.45) is 0. The van der Waals surface area contributed by atoms with Crippen molar-refractivity contribution in [2.24, 2.45) is 0 Å². The van der Waals surface area contributed by atoms with Gasteiger partial charge in [0.2, 0.25) is 5.88 Å². The number of aromatic nitrogens is 2. The Morgan fingerprint density at radius 1 is 1.00 bits per heavy atom. The minimum absolute atomic E-state index is 0.334. The second-order valence-electron chi connectivity index (χ2n) is 3.70. The average molecular weight is 271 g/mol. The topological polar surface area (TPSA) is 74.7 Å². The summed E-state index contributed by atoms with van der Waals surface area (Å²) in [6.45, 7) is 2.55. The monoisotopic (exact) mass is 271 g/mol.